The molecule has 0 fully saturated rings. The molecule has 0 aliphatic rings. The number of phenols is 1. The van der Waals surface area contributed by atoms with Crippen molar-refractivity contribution < 1.29 is 5.11 Å². The molecule has 0 amide bonds. The maximum absolute atomic E-state index is 10.4. The van der Waals surface area contributed by atoms with Gasteiger partial charge in [0.15, 0.2) is 0 Å². The zero-order chi connectivity index (χ0) is 12.7. The molecule has 0 atom stereocenters. The minimum Gasteiger partial charge on any atom is -0.507 e. The van der Waals surface area contributed by atoms with E-state index in [9.17, 15) is 5.11 Å². The van der Waals surface area contributed by atoms with Gasteiger partial charge in [-0.05, 0) is 28.9 Å². The molecular weight excluding hydrogens is 220 g/mol. The first kappa shape index (κ1) is 16.8. The summed E-state index contributed by atoms with van der Waals surface area (Å²) in [6.45, 7) is 14.9. The Morgan fingerprint density at radius 1 is 0.824 bits per heavy atom. The third-order valence-corrected chi connectivity index (χ3v) is 2.87. The second-order valence-corrected chi connectivity index (χ2v) is 6.71. The van der Waals surface area contributed by atoms with Crippen molar-refractivity contribution in [3.8, 4) is 5.75 Å². The van der Waals surface area contributed by atoms with Crippen LogP contribution < -0.4 is 0 Å². The Bertz CT molecular complexity index is 359. The molecule has 0 heterocycles. The smallest absolute Gasteiger partial charge is 0.316 e. The normalized spacial score (nSPS) is 12.2. The Morgan fingerprint density at radius 3 is 1.35 bits per heavy atom. The minimum absolute atomic E-state index is 0. The number of hydrogen-bond donors (Lipinski definition) is 1. The van der Waals surface area contributed by atoms with E-state index in [0.29, 0.717) is 5.75 Å². The van der Waals surface area contributed by atoms with Gasteiger partial charge in [-0.3, -0.25) is 0 Å². The molecule has 1 nitrogen and oxygen atoms in total. The van der Waals surface area contributed by atoms with Crippen molar-refractivity contribution in [3.05, 3.63) is 28.8 Å². The number of benzene rings is 1. The lowest BCUT2D eigenvalue weighted by Gasteiger charge is -2.27. The first-order valence-corrected chi connectivity index (χ1v) is 5.88. The number of aromatic hydroxyl groups is 1. The van der Waals surface area contributed by atoms with Gasteiger partial charge in [0.2, 0.25) is 0 Å². The Hall–Kier alpha value is -0.214. The summed E-state index contributed by atoms with van der Waals surface area (Å²) in [6.07, 6.45) is 0. The summed E-state index contributed by atoms with van der Waals surface area (Å²) in [5.74, 6) is 0.464. The second kappa shape index (κ2) is 5.19. The van der Waals surface area contributed by atoms with Crippen molar-refractivity contribution in [1.29, 1.82) is 0 Å². The van der Waals surface area contributed by atoms with Crippen LogP contribution in [0.4, 0.5) is 0 Å². The molecule has 1 N–H and O–H groups in total. The molecule has 1 aromatic carbocycles. The van der Waals surface area contributed by atoms with Gasteiger partial charge >= 0.3 is 23.1 Å². The zero-order valence-corrected chi connectivity index (χ0v) is 11.6. The lowest BCUT2D eigenvalue weighted by molar-refractivity contribution is 0.423. The average molecular weight is 247 g/mol. The van der Waals surface area contributed by atoms with Gasteiger partial charge in [0, 0.05) is 0 Å². The first-order valence-electron chi connectivity index (χ1n) is 5.88. The van der Waals surface area contributed by atoms with Crippen LogP contribution in [0, 0.1) is 6.92 Å². The van der Waals surface area contributed by atoms with Crippen molar-refractivity contribution in [2.75, 3.05) is 0 Å². The maximum Gasteiger partial charge on any atom is 0.316 e. The molecule has 0 spiro atoms. The monoisotopic (exact) mass is 246 g/mol. The molecule has 0 saturated carbocycles. The second-order valence-electron chi connectivity index (χ2n) is 6.71. The van der Waals surface area contributed by atoms with Gasteiger partial charge in [-0.1, -0.05) is 59.2 Å². The maximum atomic E-state index is 10.4. The molecule has 0 aromatic heterocycles. The number of phenolic OH excluding ortho intramolecular Hbond substituents is 1. The van der Waals surface area contributed by atoms with Crippen LogP contribution in [0.25, 0.3) is 0 Å². The van der Waals surface area contributed by atoms with Crippen molar-refractivity contribution in [1.82, 2.24) is 0 Å². The third kappa shape index (κ3) is 3.89. The molecule has 0 bridgehead atoms. The van der Waals surface area contributed by atoms with Gasteiger partial charge in [-0.2, -0.15) is 0 Å². The quantitative estimate of drug-likeness (QED) is 0.696. The molecule has 17 heavy (non-hydrogen) atoms. The molecule has 0 aliphatic carbocycles. The molecule has 0 unspecified atom stereocenters. The standard InChI is InChI=1S/C15H24O.Mg.2H/c1-10-8-11(14(2,3)4)13(16)12(9-10)15(5,6)7;;;/h8-9,16H,1-7H3;;;. The van der Waals surface area contributed by atoms with Crippen molar-refractivity contribution >= 4 is 23.1 Å². The van der Waals surface area contributed by atoms with E-state index in [1.807, 2.05) is 0 Å². The van der Waals surface area contributed by atoms with E-state index in [-0.39, 0.29) is 33.9 Å². The fraction of sp³-hybridized carbons (Fsp3) is 0.600. The van der Waals surface area contributed by atoms with E-state index in [1.165, 1.54) is 5.56 Å². The summed E-state index contributed by atoms with van der Waals surface area (Å²) in [6, 6.07) is 4.18. The van der Waals surface area contributed by atoms with Crippen LogP contribution in [0.1, 0.15) is 58.2 Å². The molecule has 0 radical (unpaired) electrons. The number of hydrogen-bond acceptors (Lipinski definition) is 1. The van der Waals surface area contributed by atoms with Crippen molar-refractivity contribution in [3.63, 3.8) is 0 Å². The fourth-order valence-corrected chi connectivity index (χ4v) is 1.92. The Morgan fingerprint density at radius 2 is 1.12 bits per heavy atom. The summed E-state index contributed by atoms with van der Waals surface area (Å²) < 4.78 is 0. The first-order chi connectivity index (χ1) is 7.03. The summed E-state index contributed by atoms with van der Waals surface area (Å²) in [5, 5.41) is 10.4. The van der Waals surface area contributed by atoms with E-state index < -0.39 is 0 Å². The number of aryl methyl sites for hydroxylation is 1. The highest BCUT2D eigenvalue weighted by Gasteiger charge is 2.25. The SMILES string of the molecule is Cc1cc(C(C)(C)C)c(O)c(C(C)(C)C)c1.[MgH2]. The predicted molar refractivity (Wildman–Crippen MR) is 78.8 cm³/mol. The summed E-state index contributed by atoms with van der Waals surface area (Å²) in [5.41, 5.74) is 3.26. The fourth-order valence-electron chi connectivity index (χ4n) is 1.92. The minimum atomic E-state index is -0.0178. The zero-order valence-electron chi connectivity index (χ0n) is 11.6. The molecule has 2 heteroatoms. The van der Waals surface area contributed by atoms with Crippen LogP contribution in [-0.2, 0) is 10.8 Å². The van der Waals surface area contributed by atoms with Gasteiger partial charge in [-0.25, -0.2) is 0 Å². The van der Waals surface area contributed by atoms with Crippen LogP contribution in [0.2, 0.25) is 0 Å². The number of rotatable bonds is 0. The van der Waals surface area contributed by atoms with Gasteiger partial charge in [-0.15, -0.1) is 0 Å². The summed E-state index contributed by atoms with van der Waals surface area (Å²) in [7, 11) is 0. The molecule has 94 valence electrons. The van der Waals surface area contributed by atoms with E-state index in [2.05, 4.69) is 60.6 Å². The van der Waals surface area contributed by atoms with Crippen molar-refractivity contribution in [2.45, 2.75) is 59.3 Å². The lowest BCUT2D eigenvalue weighted by atomic mass is 9.78. The third-order valence-electron chi connectivity index (χ3n) is 2.87. The Kier molecular flexibility index (Phi) is 5.13. The highest BCUT2D eigenvalue weighted by atomic mass is 24.3. The van der Waals surface area contributed by atoms with Crippen molar-refractivity contribution in [2.24, 2.45) is 0 Å². The van der Waals surface area contributed by atoms with E-state index in [1.54, 1.807) is 0 Å². The summed E-state index contributed by atoms with van der Waals surface area (Å²) >= 11 is 0. The predicted octanol–water partition coefficient (Wildman–Crippen LogP) is 3.38. The van der Waals surface area contributed by atoms with Crippen LogP contribution in [0.15, 0.2) is 12.1 Å². The average Bonchev–Trinajstić information content (AvgIpc) is 2.04. The molecule has 0 aliphatic heterocycles. The molecule has 1 rings (SSSR count). The van der Waals surface area contributed by atoms with E-state index >= 15 is 0 Å². The van der Waals surface area contributed by atoms with Crippen LogP contribution >= 0.6 is 0 Å². The van der Waals surface area contributed by atoms with E-state index in [4.69, 9.17) is 0 Å². The van der Waals surface area contributed by atoms with Gasteiger partial charge in [0.1, 0.15) is 5.75 Å². The van der Waals surface area contributed by atoms with E-state index in [0.717, 1.165) is 11.1 Å². The van der Waals surface area contributed by atoms with Crippen LogP contribution in [-0.4, -0.2) is 28.2 Å². The highest BCUT2D eigenvalue weighted by Crippen LogP contribution is 2.39. The van der Waals surface area contributed by atoms with Gasteiger partial charge < -0.3 is 5.11 Å². The molecule has 0 saturated heterocycles. The Labute approximate surface area is 122 Å². The molecule has 1 aromatic rings. The summed E-state index contributed by atoms with van der Waals surface area (Å²) in [4.78, 5) is 0. The van der Waals surface area contributed by atoms with Crippen LogP contribution in [0.5, 0.6) is 5.75 Å². The van der Waals surface area contributed by atoms with Gasteiger partial charge in [0.25, 0.3) is 0 Å². The lowest BCUT2D eigenvalue weighted by Crippen LogP contribution is -2.17. The largest absolute Gasteiger partial charge is 0.507 e. The van der Waals surface area contributed by atoms with Gasteiger partial charge in [0.05, 0.1) is 0 Å². The topological polar surface area (TPSA) is 20.2 Å². The molecular formula is C15H26MgO. The highest BCUT2D eigenvalue weighted by molar-refractivity contribution is 5.75. The Balaban J connectivity index is 0.00000256. The van der Waals surface area contributed by atoms with Crippen LogP contribution in [0.3, 0.4) is 0 Å².